The lowest BCUT2D eigenvalue weighted by Crippen LogP contribution is -2.41. The van der Waals surface area contributed by atoms with Crippen LogP contribution in [0.3, 0.4) is 0 Å². The summed E-state index contributed by atoms with van der Waals surface area (Å²) in [6.07, 6.45) is 7.15. The number of aryl methyl sites for hydroxylation is 1. The second kappa shape index (κ2) is 8.95. The number of H-pyrrole nitrogens is 1. The van der Waals surface area contributed by atoms with Gasteiger partial charge in [-0.15, -0.1) is 0 Å². The zero-order valence-corrected chi connectivity index (χ0v) is 17.3. The fourth-order valence-corrected chi connectivity index (χ4v) is 4.61. The van der Waals surface area contributed by atoms with Crippen molar-refractivity contribution in [3.8, 4) is 0 Å². The monoisotopic (exact) mass is 393 g/mol. The molecule has 3 heterocycles. The molecule has 0 spiro atoms. The summed E-state index contributed by atoms with van der Waals surface area (Å²) in [6, 6.07) is 9.85. The summed E-state index contributed by atoms with van der Waals surface area (Å²) < 4.78 is 0. The van der Waals surface area contributed by atoms with E-state index in [0.717, 1.165) is 80.7 Å². The highest BCUT2D eigenvalue weighted by Crippen LogP contribution is 2.26. The van der Waals surface area contributed by atoms with Crippen LogP contribution in [0.4, 0.5) is 0 Å². The Kier molecular flexibility index (Phi) is 6.14. The smallest absolute Gasteiger partial charge is 0.254 e. The van der Waals surface area contributed by atoms with Crippen molar-refractivity contribution in [2.75, 3.05) is 26.2 Å². The van der Waals surface area contributed by atoms with Gasteiger partial charge in [-0.05, 0) is 62.4 Å². The number of rotatable bonds is 8. The Morgan fingerprint density at radius 2 is 1.97 bits per heavy atom. The number of hydrogen-bond acceptors (Lipinski definition) is 3. The molecule has 0 unspecified atom stereocenters. The van der Waals surface area contributed by atoms with Crippen LogP contribution in [0.15, 0.2) is 36.5 Å². The maximum Gasteiger partial charge on any atom is 0.254 e. The lowest BCUT2D eigenvalue weighted by Gasteiger charge is -2.33. The third-order valence-electron chi connectivity index (χ3n) is 6.36. The van der Waals surface area contributed by atoms with Gasteiger partial charge in [0, 0.05) is 36.1 Å². The van der Waals surface area contributed by atoms with Gasteiger partial charge >= 0.3 is 0 Å². The second-order valence-electron chi connectivity index (χ2n) is 8.46. The molecule has 2 aliphatic rings. The molecule has 1 N–H and O–H groups in total. The first kappa shape index (κ1) is 19.9. The fourth-order valence-electron chi connectivity index (χ4n) is 4.61. The second-order valence-corrected chi connectivity index (χ2v) is 8.46. The third-order valence-corrected chi connectivity index (χ3v) is 6.36. The first-order valence-electron chi connectivity index (χ1n) is 10.9. The highest BCUT2D eigenvalue weighted by molar-refractivity contribution is 5.99. The Bertz CT molecular complexity index is 865. The van der Waals surface area contributed by atoms with Gasteiger partial charge in [0.1, 0.15) is 0 Å². The van der Waals surface area contributed by atoms with Crippen molar-refractivity contribution in [1.82, 2.24) is 14.8 Å². The number of nitrogens with one attached hydrogen (secondary N) is 1. The standard InChI is InChI=1S/C24H31N3O2/c1-2-3-8-22-21(9-12-25-22)23(28)17-26-13-10-18(11-14-26)15-27-16-19-6-4-5-7-20(19)24(27)29/h4-7,9,12,18,25H,2-3,8,10-11,13-17H2,1H3. The molecule has 5 nitrogen and oxygen atoms in total. The molecule has 1 saturated heterocycles. The fraction of sp³-hybridized carbons (Fsp3) is 0.500. The number of unbranched alkanes of at least 4 members (excludes halogenated alkanes) is 1. The molecule has 154 valence electrons. The number of fused-ring (bicyclic) bond motifs is 1. The molecule has 5 heteroatoms. The van der Waals surface area contributed by atoms with E-state index in [4.69, 9.17) is 0 Å². The van der Waals surface area contributed by atoms with Gasteiger partial charge in [-0.2, -0.15) is 0 Å². The van der Waals surface area contributed by atoms with E-state index in [1.54, 1.807) is 0 Å². The number of piperidine rings is 1. The molecule has 0 aliphatic carbocycles. The summed E-state index contributed by atoms with van der Waals surface area (Å²) in [5, 5.41) is 0. The predicted molar refractivity (Wildman–Crippen MR) is 114 cm³/mol. The van der Waals surface area contributed by atoms with Crippen LogP contribution >= 0.6 is 0 Å². The van der Waals surface area contributed by atoms with Crippen LogP contribution in [0.1, 0.15) is 64.6 Å². The number of carbonyl (C=O) groups is 2. The van der Waals surface area contributed by atoms with Crippen LogP contribution in [0.2, 0.25) is 0 Å². The van der Waals surface area contributed by atoms with Crippen LogP contribution in [0.5, 0.6) is 0 Å². The number of benzene rings is 1. The lowest BCUT2D eigenvalue weighted by molar-refractivity contribution is 0.0707. The van der Waals surface area contributed by atoms with E-state index in [2.05, 4.69) is 22.9 Å². The van der Waals surface area contributed by atoms with Crippen molar-refractivity contribution in [3.63, 3.8) is 0 Å². The quantitative estimate of drug-likeness (QED) is 0.692. The highest BCUT2D eigenvalue weighted by atomic mass is 16.2. The molecule has 1 fully saturated rings. The minimum Gasteiger partial charge on any atom is -0.364 e. The van der Waals surface area contributed by atoms with Crippen LogP contribution in [0, 0.1) is 5.92 Å². The van der Waals surface area contributed by atoms with Gasteiger partial charge in [-0.25, -0.2) is 0 Å². The molecule has 0 radical (unpaired) electrons. The van der Waals surface area contributed by atoms with E-state index in [9.17, 15) is 9.59 Å². The van der Waals surface area contributed by atoms with Crippen molar-refractivity contribution in [2.24, 2.45) is 5.92 Å². The highest BCUT2D eigenvalue weighted by Gasteiger charge is 2.30. The molecule has 2 aromatic rings. The molecule has 0 atom stereocenters. The van der Waals surface area contributed by atoms with Crippen molar-refractivity contribution >= 4 is 11.7 Å². The summed E-state index contributed by atoms with van der Waals surface area (Å²) in [5.74, 6) is 0.915. The van der Waals surface area contributed by atoms with Gasteiger partial charge in [0.15, 0.2) is 5.78 Å². The summed E-state index contributed by atoms with van der Waals surface area (Å²) in [5.41, 5.74) is 3.95. The molecule has 29 heavy (non-hydrogen) atoms. The Morgan fingerprint density at radius 1 is 1.17 bits per heavy atom. The molecule has 1 aromatic heterocycles. The number of Topliss-reactive ketones (excluding diaryl/α,β-unsaturated/α-hetero) is 1. The summed E-state index contributed by atoms with van der Waals surface area (Å²) >= 11 is 0. The van der Waals surface area contributed by atoms with Crippen molar-refractivity contribution in [3.05, 3.63) is 58.9 Å². The first-order valence-corrected chi connectivity index (χ1v) is 10.9. The number of carbonyl (C=O) groups excluding carboxylic acids is 2. The van der Waals surface area contributed by atoms with Crippen LogP contribution in [-0.2, 0) is 13.0 Å². The van der Waals surface area contributed by atoms with E-state index in [1.165, 1.54) is 0 Å². The van der Waals surface area contributed by atoms with Gasteiger partial charge in [0.25, 0.3) is 5.91 Å². The topological polar surface area (TPSA) is 56.4 Å². The van der Waals surface area contributed by atoms with E-state index >= 15 is 0 Å². The lowest BCUT2D eigenvalue weighted by atomic mass is 9.95. The summed E-state index contributed by atoms with van der Waals surface area (Å²) in [6.45, 7) is 6.09. The molecule has 0 saturated carbocycles. The third kappa shape index (κ3) is 4.45. The van der Waals surface area contributed by atoms with Crippen LogP contribution < -0.4 is 0 Å². The molecule has 1 aromatic carbocycles. The van der Waals surface area contributed by atoms with Gasteiger partial charge in [0.2, 0.25) is 0 Å². The number of nitrogens with zero attached hydrogens (tertiary/aromatic N) is 2. The average Bonchev–Trinajstić information content (AvgIpc) is 3.33. The number of likely N-dealkylation sites (tertiary alicyclic amines) is 1. The van der Waals surface area contributed by atoms with Crippen LogP contribution in [0.25, 0.3) is 0 Å². The predicted octanol–water partition coefficient (Wildman–Crippen LogP) is 3.91. The Balaban J connectivity index is 1.26. The Hall–Kier alpha value is -2.40. The van der Waals surface area contributed by atoms with E-state index in [-0.39, 0.29) is 11.7 Å². The Morgan fingerprint density at radius 3 is 2.72 bits per heavy atom. The van der Waals surface area contributed by atoms with E-state index in [0.29, 0.717) is 12.5 Å². The number of ketones is 1. The number of amides is 1. The Labute approximate surface area is 173 Å². The molecular formula is C24H31N3O2. The van der Waals surface area contributed by atoms with E-state index in [1.807, 2.05) is 35.4 Å². The maximum absolute atomic E-state index is 12.8. The largest absolute Gasteiger partial charge is 0.364 e. The van der Waals surface area contributed by atoms with Gasteiger partial charge in [-0.1, -0.05) is 31.5 Å². The van der Waals surface area contributed by atoms with Crippen molar-refractivity contribution in [2.45, 2.75) is 45.6 Å². The average molecular weight is 394 g/mol. The number of aromatic nitrogens is 1. The van der Waals surface area contributed by atoms with E-state index < -0.39 is 0 Å². The van der Waals surface area contributed by atoms with Gasteiger partial charge < -0.3 is 9.88 Å². The number of hydrogen-bond donors (Lipinski definition) is 1. The molecule has 4 rings (SSSR count). The first-order chi connectivity index (χ1) is 14.2. The molecular weight excluding hydrogens is 362 g/mol. The number of aromatic amines is 1. The molecule has 2 aliphatic heterocycles. The zero-order chi connectivity index (χ0) is 20.2. The van der Waals surface area contributed by atoms with Gasteiger partial charge in [0.05, 0.1) is 6.54 Å². The normalized spacial score (nSPS) is 17.7. The summed E-state index contributed by atoms with van der Waals surface area (Å²) in [4.78, 5) is 32.9. The minimum atomic E-state index is 0.172. The zero-order valence-electron chi connectivity index (χ0n) is 17.3. The molecule has 0 bridgehead atoms. The van der Waals surface area contributed by atoms with Gasteiger partial charge in [-0.3, -0.25) is 14.5 Å². The SMILES string of the molecule is CCCCc1[nH]ccc1C(=O)CN1CCC(CN2Cc3ccccc3C2=O)CC1. The van der Waals surface area contributed by atoms with Crippen molar-refractivity contribution in [1.29, 1.82) is 0 Å². The maximum atomic E-state index is 12.8. The summed E-state index contributed by atoms with van der Waals surface area (Å²) in [7, 11) is 0. The van der Waals surface area contributed by atoms with Crippen LogP contribution in [-0.4, -0.2) is 52.7 Å². The molecule has 1 amide bonds. The minimum absolute atomic E-state index is 0.172. The van der Waals surface area contributed by atoms with Crippen molar-refractivity contribution < 1.29 is 9.59 Å².